The number of aliphatic hydroxyl groups excluding tert-OH is 1. The van der Waals surface area contributed by atoms with Gasteiger partial charge >= 0.3 is 5.97 Å². The summed E-state index contributed by atoms with van der Waals surface area (Å²) in [5, 5.41) is 8.74. The Morgan fingerprint density at radius 1 is 1.77 bits per heavy atom. The zero-order chi connectivity index (χ0) is 9.84. The fraction of sp³-hybridized carbons (Fsp3) is 0.700. The molecule has 2 unspecified atom stereocenters. The molecule has 0 bridgehead atoms. The summed E-state index contributed by atoms with van der Waals surface area (Å²) in [7, 11) is 0. The third-order valence-corrected chi connectivity index (χ3v) is 2.27. The normalized spacial score (nSPS) is 29.2. The number of carbonyl (C=O) groups is 1. The second-order valence-electron chi connectivity index (χ2n) is 3.62. The van der Waals surface area contributed by atoms with Crippen LogP contribution in [-0.2, 0) is 9.53 Å². The third-order valence-electron chi connectivity index (χ3n) is 2.27. The van der Waals surface area contributed by atoms with E-state index in [1.54, 1.807) is 0 Å². The zero-order valence-electron chi connectivity index (χ0n) is 8.12. The first kappa shape index (κ1) is 10.3. The van der Waals surface area contributed by atoms with Gasteiger partial charge in [0, 0.05) is 0 Å². The van der Waals surface area contributed by atoms with Crippen LogP contribution in [0.5, 0.6) is 0 Å². The summed E-state index contributed by atoms with van der Waals surface area (Å²) in [6.45, 7) is 3.82. The van der Waals surface area contributed by atoms with Gasteiger partial charge in [0.25, 0.3) is 0 Å². The van der Waals surface area contributed by atoms with Crippen molar-refractivity contribution in [1.82, 2.24) is 0 Å². The summed E-state index contributed by atoms with van der Waals surface area (Å²) >= 11 is 0. The van der Waals surface area contributed by atoms with Gasteiger partial charge in [0.05, 0.1) is 18.6 Å². The number of carbonyl (C=O) groups excluding carboxylic acids is 1. The minimum Gasteiger partial charge on any atom is -0.462 e. The summed E-state index contributed by atoms with van der Waals surface area (Å²) in [5.41, 5.74) is 0.910. The number of hydrogen-bond acceptors (Lipinski definition) is 3. The number of hydrogen-bond donors (Lipinski definition) is 1. The van der Waals surface area contributed by atoms with Gasteiger partial charge in [-0.25, -0.2) is 0 Å². The van der Waals surface area contributed by atoms with E-state index in [1.165, 1.54) is 0 Å². The van der Waals surface area contributed by atoms with Crippen molar-refractivity contribution in [2.24, 2.45) is 5.92 Å². The highest BCUT2D eigenvalue weighted by Crippen LogP contribution is 2.24. The molecule has 2 atom stereocenters. The zero-order valence-corrected chi connectivity index (χ0v) is 8.12. The first-order chi connectivity index (χ1) is 6.13. The molecule has 74 valence electrons. The van der Waals surface area contributed by atoms with E-state index in [4.69, 9.17) is 9.84 Å². The lowest BCUT2D eigenvalue weighted by Crippen LogP contribution is -2.06. The Morgan fingerprint density at radius 3 is 2.92 bits per heavy atom. The van der Waals surface area contributed by atoms with E-state index in [-0.39, 0.29) is 24.6 Å². The molecule has 0 amide bonds. The van der Waals surface area contributed by atoms with E-state index in [0.717, 1.165) is 12.0 Å². The molecule has 1 rings (SSSR count). The molecule has 1 aliphatic rings. The lowest BCUT2D eigenvalue weighted by molar-refractivity contribution is -0.143. The van der Waals surface area contributed by atoms with Gasteiger partial charge in [-0.05, 0) is 26.7 Å². The molecule has 3 nitrogen and oxygen atoms in total. The van der Waals surface area contributed by atoms with Crippen molar-refractivity contribution in [3.05, 3.63) is 11.6 Å². The van der Waals surface area contributed by atoms with Crippen LogP contribution in [0.4, 0.5) is 0 Å². The maximum atomic E-state index is 11.2. The maximum Gasteiger partial charge on any atom is 0.309 e. The Bertz CT molecular complexity index is 220. The van der Waals surface area contributed by atoms with Crippen LogP contribution in [0, 0.1) is 5.92 Å². The topological polar surface area (TPSA) is 46.5 Å². The number of aliphatic hydroxyl groups is 1. The number of allylic oxidation sites excluding steroid dienone is 1. The van der Waals surface area contributed by atoms with E-state index < -0.39 is 0 Å². The average molecular weight is 184 g/mol. The first-order valence-corrected chi connectivity index (χ1v) is 4.60. The fourth-order valence-corrected chi connectivity index (χ4v) is 1.44. The summed E-state index contributed by atoms with van der Waals surface area (Å²) in [6.07, 6.45) is 3.45. The van der Waals surface area contributed by atoms with Gasteiger partial charge in [-0.15, -0.1) is 0 Å². The Kier molecular flexibility index (Phi) is 3.48. The highest BCUT2D eigenvalue weighted by Gasteiger charge is 2.30. The van der Waals surface area contributed by atoms with Crippen LogP contribution in [-0.4, -0.2) is 23.8 Å². The molecule has 0 saturated carbocycles. The van der Waals surface area contributed by atoms with Crippen LogP contribution < -0.4 is 0 Å². The van der Waals surface area contributed by atoms with Gasteiger partial charge in [-0.3, -0.25) is 4.79 Å². The highest BCUT2D eigenvalue weighted by molar-refractivity contribution is 5.74. The average Bonchev–Trinajstić information content (AvgIpc) is 2.41. The van der Waals surface area contributed by atoms with Gasteiger partial charge in [-0.1, -0.05) is 11.6 Å². The van der Waals surface area contributed by atoms with E-state index in [0.29, 0.717) is 6.42 Å². The van der Waals surface area contributed by atoms with Crippen molar-refractivity contribution < 1.29 is 14.6 Å². The smallest absolute Gasteiger partial charge is 0.309 e. The molecule has 3 heteroatoms. The second-order valence-corrected chi connectivity index (χ2v) is 3.62. The molecule has 1 saturated heterocycles. The van der Waals surface area contributed by atoms with Crippen LogP contribution in [0.1, 0.15) is 26.7 Å². The Hall–Kier alpha value is -0.830. The second kappa shape index (κ2) is 4.42. The van der Waals surface area contributed by atoms with E-state index >= 15 is 0 Å². The largest absolute Gasteiger partial charge is 0.462 e. The molecule has 1 aliphatic heterocycles. The van der Waals surface area contributed by atoms with Crippen LogP contribution in [0.3, 0.4) is 0 Å². The van der Waals surface area contributed by atoms with Gasteiger partial charge in [0.1, 0.15) is 0 Å². The van der Waals surface area contributed by atoms with Gasteiger partial charge in [0.15, 0.2) is 0 Å². The number of rotatable bonds is 3. The standard InChI is InChI=1S/C10H16O3/c1-7(6-11)3-4-9-5-8(2)13-10(9)12/h3,8-9,11H,4-6H2,1-2H3. The predicted molar refractivity (Wildman–Crippen MR) is 49.1 cm³/mol. The fourth-order valence-electron chi connectivity index (χ4n) is 1.44. The van der Waals surface area contributed by atoms with Crippen molar-refractivity contribution in [2.75, 3.05) is 6.61 Å². The molecule has 0 aliphatic carbocycles. The van der Waals surface area contributed by atoms with Crippen LogP contribution in [0.25, 0.3) is 0 Å². The lowest BCUT2D eigenvalue weighted by Gasteiger charge is -2.00. The Morgan fingerprint density at radius 2 is 2.46 bits per heavy atom. The predicted octanol–water partition coefficient (Wildman–Crippen LogP) is 1.27. The molecule has 1 N–H and O–H groups in total. The van der Waals surface area contributed by atoms with Gasteiger partial charge in [-0.2, -0.15) is 0 Å². The Balaban J connectivity index is 2.42. The van der Waals surface area contributed by atoms with Crippen molar-refractivity contribution in [1.29, 1.82) is 0 Å². The summed E-state index contributed by atoms with van der Waals surface area (Å²) in [6, 6.07) is 0. The molecule has 0 aromatic carbocycles. The SMILES string of the molecule is CC(=CCC1CC(C)OC1=O)CO. The van der Waals surface area contributed by atoms with Gasteiger partial charge < -0.3 is 9.84 Å². The summed E-state index contributed by atoms with van der Waals surface area (Å²) in [4.78, 5) is 11.2. The lowest BCUT2D eigenvalue weighted by atomic mass is 10.0. The molecule has 0 spiro atoms. The monoisotopic (exact) mass is 184 g/mol. The van der Waals surface area contributed by atoms with Crippen molar-refractivity contribution in [2.45, 2.75) is 32.8 Å². The van der Waals surface area contributed by atoms with Crippen molar-refractivity contribution in [3.63, 3.8) is 0 Å². The molecule has 0 radical (unpaired) electrons. The molecular formula is C10H16O3. The summed E-state index contributed by atoms with van der Waals surface area (Å²) in [5.74, 6) is -0.106. The highest BCUT2D eigenvalue weighted by atomic mass is 16.5. The molecule has 1 fully saturated rings. The molecule has 13 heavy (non-hydrogen) atoms. The molecular weight excluding hydrogens is 168 g/mol. The van der Waals surface area contributed by atoms with Crippen molar-refractivity contribution in [3.8, 4) is 0 Å². The van der Waals surface area contributed by atoms with Crippen LogP contribution in [0.15, 0.2) is 11.6 Å². The maximum absolute atomic E-state index is 11.2. The quantitative estimate of drug-likeness (QED) is 0.530. The summed E-state index contributed by atoms with van der Waals surface area (Å²) < 4.78 is 5.01. The van der Waals surface area contributed by atoms with Crippen LogP contribution in [0.2, 0.25) is 0 Å². The number of esters is 1. The minimum absolute atomic E-state index is 0.00324. The molecule has 0 aromatic rings. The van der Waals surface area contributed by atoms with E-state index in [1.807, 2.05) is 19.9 Å². The molecule has 1 heterocycles. The molecule has 0 aromatic heterocycles. The van der Waals surface area contributed by atoms with E-state index in [9.17, 15) is 4.79 Å². The number of ether oxygens (including phenoxy) is 1. The number of cyclic esters (lactones) is 1. The Labute approximate surface area is 78.4 Å². The first-order valence-electron chi connectivity index (χ1n) is 4.60. The van der Waals surface area contributed by atoms with Crippen molar-refractivity contribution >= 4 is 5.97 Å². The third kappa shape index (κ3) is 2.84. The van der Waals surface area contributed by atoms with Crippen LogP contribution >= 0.6 is 0 Å². The van der Waals surface area contributed by atoms with Gasteiger partial charge in [0.2, 0.25) is 0 Å². The minimum atomic E-state index is -0.102. The van der Waals surface area contributed by atoms with E-state index in [2.05, 4.69) is 0 Å².